The van der Waals surface area contributed by atoms with Crippen LogP contribution in [-0.2, 0) is 11.2 Å². The summed E-state index contributed by atoms with van der Waals surface area (Å²) in [5.41, 5.74) is 5.02. The fraction of sp³-hybridized carbons (Fsp3) is 0.320. The van der Waals surface area contributed by atoms with Crippen molar-refractivity contribution in [2.75, 3.05) is 16.8 Å². The first-order valence-electron chi connectivity index (χ1n) is 10.8. The second-order valence-corrected chi connectivity index (χ2v) is 8.02. The number of hydrogen-bond donors (Lipinski definition) is 1. The molecule has 0 saturated carbocycles. The van der Waals surface area contributed by atoms with E-state index in [2.05, 4.69) is 22.1 Å². The van der Waals surface area contributed by atoms with E-state index in [1.54, 1.807) is 19.1 Å². The molecule has 1 aliphatic heterocycles. The minimum absolute atomic E-state index is 0.0985. The molecule has 0 saturated heterocycles. The minimum atomic E-state index is -0.286. The smallest absolute Gasteiger partial charge is 0.310 e. The molecular weight excluding hydrogens is 407 g/mol. The molecule has 1 aliphatic rings. The van der Waals surface area contributed by atoms with Gasteiger partial charge >= 0.3 is 5.97 Å². The van der Waals surface area contributed by atoms with Crippen molar-refractivity contribution in [2.24, 2.45) is 0 Å². The predicted octanol–water partition coefficient (Wildman–Crippen LogP) is 5.42. The van der Waals surface area contributed by atoms with Crippen molar-refractivity contribution in [3.63, 3.8) is 0 Å². The van der Waals surface area contributed by atoms with Crippen molar-refractivity contribution in [3.05, 3.63) is 70.7 Å². The van der Waals surface area contributed by atoms with Crippen LogP contribution in [0.4, 0.5) is 21.8 Å². The van der Waals surface area contributed by atoms with Crippen molar-refractivity contribution >= 4 is 23.4 Å². The van der Waals surface area contributed by atoms with E-state index >= 15 is 0 Å². The first-order valence-corrected chi connectivity index (χ1v) is 10.8. The molecule has 1 atom stereocenters. The van der Waals surface area contributed by atoms with Crippen molar-refractivity contribution in [2.45, 2.75) is 46.6 Å². The zero-order valence-electron chi connectivity index (χ0n) is 18.8. The Labute approximate surface area is 187 Å². The monoisotopic (exact) mass is 434 g/mol. The van der Waals surface area contributed by atoms with Gasteiger partial charge in [0, 0.05) is 29.9 Å². The molecule has 32 heavy (non-hydrogen) atoms. The molecular formula is C25H27FN4O2. The van der Waals surface area contributed by atoms with E-state index < -0.39 is 0 Å². The molecule has 0 fully saturated rings. The number of nitrogens with one attached hydrogen (secondary N) is 1. The van der Waals surface area contributed by atoms with E-state index in [1.807, 2.05) is 32.0 Å². The van der Waals surface area contributed by atoms with Crippen molar-refractivity contribution < 1.29 is 13.9 Å². The largest absolute Gasteiger partial charge is 0.427 e. The molecule has 6 nitrogen and oxygen atoms in total. The third kappa shape index (κ3) is 4.42. The zero-order valence-corrected chi connectivity index (χ0v) is 18.8. The Hall–Kier alpha value is -3.48. The van der Waals surface area contributed by atoms with Crippen LogP contribution in [0.25, 0.3) is 0 Å². The summed E-state index contributed by atoms with van der Waals surface area (Å²) in [6.07, 6.45) is 1.17. The van der Waals surface area contributed by atoms with Gasteiger partial charge in [-0.25, -0.2) is 9.37 Å². The van der Waals surface area contributed by atoms with Gasteiger partial charge in [0.15, 0.2) is 0 Å². The Morgan fingerprint density at radius 2 is 1.94 bits per heavy atom. The second-order valence-electron chi connectivity index (χ2n) is 8.02. The molecule has 0 radical (unpaired) electrons. The normalized spacial score (nSPS) is 15.3. The van der Waals surface area contributed by atoms with Crippen LogP contribution in [0.1, 0.15) is 48.7 Å². The lowest BCUT2D eigenvalue weighted by Crippen LogP contribution is -2.35. The Bertz CT molecular complexity index is 1150. The number of halogens is 1. The number of anilines is 3. The quantitative estimate of drug-likeness (QED) is 0.428. The van der Waals surface area contributed by atoms with Gasteiger partial charge in [0.1, 0.15) is 17.4 Å². The van der Waals surface area contributed by atoms with Crippen LogP contribution in [0.3, 0.4) is 0 Å². The first kappa shape index (κ1) is 21.7. The highest BCUT2D eigenvalue weighted by Crippen LogP contribution is 2.36. The third-order valence-corrected chi connectivity index (χ3v) is 5.91. The van der Waals surface area contributed by atoms with E-state index in [0.717, 1.165) is 35.7 Å². The summed E-state index contributed by atoms with van der Waals surface area (Å²) in [5, 5.41) is 3.18. The van der Waals surface area contributed by atoms with Gasteiger partial charge in [-0.2, -0.15) is 4.98 Å². The molecule has 1 unspecified atom stereocenters. The highest BCUT2D eigenvalue weighted by Gasteiger charge is 2.27. The van der Waals surface area contributed by atoms with Gasteiger partial charge in [-0.05, 0) is 74.7 Å². The molecule has 0 bridgehead atoms. The number of ether oxygens (including phenoxy) is 1. The number of nitrogens with zero attached hydrogens (tertiary/aromatic N) is 3. The molecule has 7 heteroatoms. The summed E-state index contributed by atoms with van der Waals surface area (Å²) < 4.78 is 18.6. The van der Waals surface area contributed by atoms with Crippen LogP contribution < -0.4 is 15.0 Å². The Kier molecular flexibility index (Phi) is 6.08. The lowest BCUT2D eigenvalue weighted by Gasteiger charge is -2.37. The van der Waals surface area contributed by atoms with Crippen LogP contribution >= 0.6 is 0 Å². The average Bonchev–Trinajstić information content (AvgIpc) is 2.78. The maximum atomic E-state index is 13.2. The maximum Gasteiger partial charge on any atom is 0.310 e. The van der Waals surface area contributed by atoms with E-state index in [4.69, 9.17) is 9.72 Å². The standard InChI is InChI=1S/C25H27FN4O2/c1-5-23(31)32-21-10-11-22-17(4)30(13-12-18(22)14-21)24-15(2)16(3)27-25(29-24)28-20-8-6-19(26)7-9-20/h6-11,14,17H,5,12-13H2,1-4H3,(H,27,28,29). The van der Waals surface area contributed by atoms with Gasteiger partial charge in [0.05, 0.1) is 6.04 Å². The number of rotatable bonds is 5. The Balaban J connectivity index is 1.61. The summed E-state index contributed by atoms with van der Waals surface area (Å²) in [6.45, 7) is 8.72. The van der Waals surface area contributed by atoms with E-state index in [-0.39, 0.29) is 17.8 Å². The zero-order chi connectivity index (χ0) is 22.8. The molecule has 1 aromatic heterocycles. The molecule has 0 amide bonds. The Morgan fingerprint density at radius 1 is 1.19 bits per heavy atom. The summed E-state index contributed by atoms with van der Waals surface area (Å²) in [6, 6.07) is 12.1. The molecule has 1 N–H and O–H groups in total. The van der Waals surface area contributed by atoms with E-state index in [9.17, 15) is 9.18 Å². The molecule has 0 spiro atoms. The van der Waals surface area contributed by atoms with Crippen molar-refractivity contribution in [1.82, 2.24) is 9.97 Å². The molecule has 2 aromatic carbocycles. The van der Waals surface area contributed by atoms with Crippen LogP contribution in [0.2, 0.25) is 0 Å². The summed E-state index contributed by atoms with van der Waals surface area (Å²) in [4.78, 5) is 23.3. The van der Waals surface area contributed by atoms with E-state index in [0.29, 0.717) is 18.1 Å². The number of benzene rings is 2. The van der Waals surface area contributed by atoms with Crippen molar-refractivity contribution in [1.29, 1.82) is 0 Å². The summed E-state index contributed by atoms with van der Waals surface area (Å²) in [5.74, 6) is 1.43. The van der Waals surface area contributed by atoms with Crippen LogP contribution in [-0.4, -0.2) is 22.5 Å². The number of esters is 1. The number of aromatic nitrogens is 2. The van der Waals surface area contributed by atoms with Crippen molar-refractivity contribution in [3.8, 4) is 5.75 Å². The average molecular weight is 435 g/mol. The fourth-order valence-corrected chi connectivity index (χ4v) is 3.98. The van der Waals surface area contributed by atoms with Gasteiger partial charge in [-0.15, -0.1) is 0 Å². The SMILES string of the molecule is CCC(=O)Oc1ccc2c(c1)CCN(c1nc(Nc3ccc(F)cc3)nc(C)c1C)C2C. The first-order chi connectivity index (χ1) is 15.4. The topological polar surface area (TPSA) is 67.3 Å². The van der Waals surface area contributed by atoms with E-state index in [1.165, 1.54) is 23.3 Å². The van der Waals surface area contributed by atoms with Gasteiger partial charge in [-0.3, -0.25) is 4.79 Å². The second kappa shape index (κ2) is 8.94. The molecule has 0 aliphatic carbocycles. The highest BCUT2D eigenvalue weighted by atomic mass is 19.1. The van der Waals surface area contributed by atoms with Gasteiger partial charge in [-0.1, -0.05) is 13.0 Å². The number of carbonyl (C=O) groups is 1. The third-order valence-electron chi connectivity index (χ3n) is 5.91. The van der Waals surface area contributed by atoms with Crippen LogP contribution in [0.15, 0.2) is 42.5 Å². The highest BCUT2D eigenvalue weighted by molar-refractivity contribution is 5.72. The molecule has 3 aromatic rings. The summed E-state index contributed by atoms with van der Waals surface area (Å²) >= 11 is 0. The summed E-state index contributed by atoms with van der Waals surface area (Å²) in [7, 11) is 0. The molecule has 166 valence electrons. The molecule has 4 rings (SSSR count). The lowest BCUT2D eigenvalue weighted by molar-refractivity contribution is -0.134. The number of aryl methyl sites for hydroxylation is 1. The van der Waals surface area contributed by atoms with Gasteiger partial charge in [0.25, 0.3) is 0 Å². The Morgan fingerprint density at radius 3 is 2.66 bits per heavy atom. The van der Waals surface area contributed by atoms with Gasteiger partial charge in [0.2, 0.25) is 5.95 Å². The predicted molar refractivity (Wildman–Crippen MR) is 123 cm³/mol. The van der Waals surface area contributed by atoms with Crippen LogP contribution in [0.5, 0.6) is 5.75 Å². The fourth-order valence-electron chi connectivity index (χ4n) is 3.98. The lowest BCUT2D eigenvalue weighted by atomic mass is 9.93. The number of fused-ring (bicyclic) bond motifs is 1. The van der Waals surface area contributed by atoms with Gasteiger partial charge < -0.3 is 15.0 Å². The maximum absolute atomic E-state index is 13.2. The molecule has 2 heterocycles. The minimum Gasteiger partial charge on any atom is -0.427 e. The van der Waals surface area contributed by atoms with Crippen LogP contribution in [0, 0.1) is 19.7 Å². The number of hydrogen-bond acceptors (Lipinski definition) is 6. The number of carbonyl (C=O) groups excluding carboxylic acids is 1.